The van der Waals surface area contributed by atoms with Gasteiger partial charge in [0.15, 0.2) is 0 Å². The summed E-state index contributed by atoms with van der Waals surface area (Å²) < 4.78 is 0. The van der Waals surface area contributed by atoms with Crippen molar-refractivity contribution in [1.29, 1.82) is 0 Å². The van der Waals surface area contributed by atoms with Gasteiger partial charge < -0.3 is 0 Å². The average molecular weight is 119 g/mol. The first-order valence-corrected chi connectivity index (χ1v) is 2.89. The van der Waals surface area contributed by atoms with Crippen LogP contribution in [0.15, 0.2) is 11.6 Å². The summed E-state index contributed by atoms with van der Waals surface area (Å²) in [5.74, 6) is 0. The number of hydrogen-bond acceptors (Lipinski definition) is 3. The first-order chi connectivity index (χ1) is 3.27. The molecule has 0 amide bonds. The molecule has 0 bridgehead atoms. The van der Waals surface area contributed by atoms with Crippen molar-refractivity contribution in [2.75, 3.05) is 6.26 Å². The molecule has 0 aromatic rings. The number of nitro groups is 1. The van der Waals surface area contributed by atoms with Crippen LogP contribution in [0, 0.1) is 10.1 Å². The predicted octanol–water partition coefficient (Wildman–Crippen LogP) is 1.10. The lowest BCUT2D eigenvalue weighted by Gasteiger charge is -1.72. The highest BCUT2D eigenvalue weighted by Gasteiger charge is 1.77. The van der Waals surface area contributed by atoms with Crippen LogP contribution < -0.4 is 0 Å². The second-order valence-electron chi connectivity index (χ2n) is 0.806. The Labute approximate surface area is 45.6 Å². The van der Waals surface area contributed by atoms with E-state index in [4.69, 9.17) is 0 Å². The quantitative estimate of drug-likeness (QED) is 0.403. The summed E-state index contributed by atoms with van der Waals surface area (Å²) in [4.78, 5) is 8.97. The summed E-state index contributed by atoms with van der Waals surface area (Å²) in [6.45, 7) is 0. The van der Waals surface area contributed by atoms with Crippen molar-refractivity contribution in [3.63, 3.8) is 0 Å². The van der Waals surface area contributed by atoms with E-state index < -0.39 is 4.92 Å². The highest BCUT2D eigenvalue weighted by molar-refractivity contribution is 8.01. The standard InChI is InChI=1S/C3H5NO2S/c1-7-3-2-4(5)6/h2-3H,1H3/b3-2+. The molecule has 0 saturated heterocycles. The van der Waals surface area contributed by atoms with Crippen molar-refractivity contribution >= 4 is 11.8 Å². The van der Waals surface area contributed by atoms with Crippen molar-refractivity contribution in [3.05, 3.63) is 21.7 Å². The third kappa shape index (κ3) is 5.49. The summed E-state index contributed by atoms with van der Waals surface area (Å²) in [5, 5.41) is 10.9. The molecule has 0 fully saturated rings. The van der Waals surface area contributed by atoms with Gasteiger partial charge >= 0.3 is 0 Å². The van der Waals surface area contributed by atoms with E-state index in [1.165, 1.54) is 17.2 Å². The third-order valence-electron chi connectivity index (χ3n) is 0.319. The van der Waals surface area contributed by atoms with Gasteiger partial charge in [0.2, 0.25) is 6.20 Å². The second-order valence-corrected chi connectivity index (χ2v) is 1.55. The molecular weight excluding hydrogens is 114 g/mol. The van der Waals surface area contributed by atoms with E-state index in [1.807, 2.05) is 0 Å². The topological polar surface area (TPSA) is 43.1 Å². The molecule has 0 saturated carbocycles. The zero-order valence-corrected chi connectivity index (χ0v) is 4.64. The van der Waals surface area contributed by atoms with Crippen LogP contribution in [0.1, 0.15) is 0 Å². The molecule has 0 aliphatic heterocycles. The normalized spacial score (nSPS) is 9.86. The Morgan fingerprint density at radius 2 is 2.43 bits per heavy atom. The number of hydrogen-bond donors (Lipinski definition) is 0. The van der Waals surface area contributed by atoms with Crippen molar-refractivity contribution in [1.82, 2.24) is 0 Å². The Morgan fingerprint density at radius 1 is 1.86 bits per heavy atom. The Balaban J connectivity index is 3.26. The van der Waals surface area contributed by atoms with Gasteiger partial charge in [-0.2, -0.15) is 0 Å². The van der Waals surface area contributed by atoms with E-state index >= 15 is 0 Å². The van der Waals surface area contributed by atoms with Gasteiger partial charge in [0.25, 0.3) is 0 Å². The van der Waals surface area contributed by atoms with Crippen molar-refractivity contribution in [3.8, 4) is 0 Å². The number of rotatable bonds is 2. The molecule has 3 nitrogen and oxygen atoms in total. The van der Waals surface area contributed by atoms with Gasteiger partial charge in [-0.15, -0.1) is 11.8 Å². The number of thioether (sulfide) groups is 1. The van der Waals surface area contributed by atoms with Crippen LogP contribution in [0.5, 0.6) is 0 Å². The van der Waals surface area contributed by atoms with Gasteiger partial charge in [0.05, 0.1) is 4.92 Å². The van der Waals surface area contributed by atoms with E-state index in [2.05, 4.69) is 0 Å². The summed E-state index contributed by atoms with van der Waals surface area (Å²) in [6.07, 6.45) is 2.67. The molecule has 0 heterocycles. The lowest BCUT2D eigenvalue weighted by molar-refractivity contribution is -0.402. The predicted molar refractivity (Wildman–Crippen MR) is 29.6 cm³/mol. The summed E-state index contributed by atoms with van der Waals surface area (Å²) >= 11 is 1.31. The molecule has 0 aliphatic carbocycles. The average Bonchev–Trinajstić information content (AvgIpc) is 1.61. The zero-order valence-electron chi connectivity index (χ0n) is 3.83. The third-order valence-corrected chi connectivity index (χ3v) is 0.713. The van der Waals surface area contributed by atoms with E-state index in [0.717, 1.165) is 6.20 Å². The maximum atomic E-state index is 9.46. The molecular formula is C3H5NO2S. The van der Waals surface area contributed by atoms with Gasteiger partial charge in [-0.25, -0.2) is 0 Å². The largest absolute Gasteiger partial charge is 0.259 e. The van der Waals surface area contributed by atoms with Crippen LogP contribution >= 0.6 is 11.8 Å². The maximum Gasteiger partial charge on any atom is 0.240 e. The van der Waals surface area contributed by atoms with Crippen molar-refractivity contribution < 1.29 is 4.92 Å². The number of nitrogens with zero attached hydrogens (tertiary/aromatic N) is 1. The molecule has 0 radical (unpaired) electrons. The van der Waals surface area contributed by atoms with Gasteiger partial charge in [-0.1, -0.05) is 0 Å². The SMILES string of the molecule is CS/C=C/[N+](=O)[O-]. The molecule has 0 spiro atoms. The minimum atomic E-state index is -0.490. The van der Waals surface area contributed by atoms with Crippen LogP contribution in [0.2, 0.25) is 0 Å². The highest BCUT2D eigenvalue weighted by atomic mass is 32.2. The summed E-state index contributed by atoms with van der Waals surface area (Å²) in [5.41, 5.74) is 0. The van der Waals surface area contributed by atoms with E-state index in [9.17, 15) is 10.1 Å². The van der Waals surface area contributed by atoms with Gasteiger partial charge in [0.1, 0.15) is 0 Å². The monoisotopic (exact) mass is 119 g/mol. The van der Waals surface area contributed by atoms with Crippen molar-refractivity contribution in [2.24, 2.45) is 0 Å². The van der Waals surface area contributed by atoms with Gasteiger partial charge in [0, 0.05) is 5.41 Å². The van der Waals surface area contributed by atoms with Crippen LogP contribution in [0.25, 0.3) is 0 Å². The fourth-order valence-electron chi connectivity index (χ4n) is 0.111. The molecule has 0 rings (SSSR count). The fourth-order valence-corrected chi connectivity index (χ4v) is 0.332. The molecule has 4 heteroatoms. The van der Waals surface area contributed by atoms with Crippen LogP contribution in [0.4, 0.5) is 0 Å². The first-order valence-electron chi connectivity index (χ1n) is 1.60. The Morgan fingerprint density at radius 3 is 2.57 bits per heavy atom. The van der Waals surface area contributed by atoms with Crippen LogP contribution in [0.3, 0.4) is 0 Å². The Bertz CT molecular complexity index is 90.9. The summed E-state index contributed by atoms with van der Waals surface area (Å²) in [7, 11) is 0. The molecule has 0 N–H and O–H groups in total. The molecule has 40 valence electrons. The highest BCUT2D eigenvalue weighted by Crippen LogP contribution is 1.91. The van der Waals surface area contributed by atoms with Gasteiger partial charge in [-0.3, -0.25) is 10.1 Å². The Hall–Kier alpha value is -0.510. The first kappa shape index (κ1) is 6.49. The second kappa shape index (κ2) is 3.67. The zero-order chi connectivity index (χ0) is 5.70. The molecule has 0 aliphatic rings. The minimum Gasteiger partial charge on any atom is -0.259 e. The molecule has 0 aromatic heterocycles. The molecule has 0 unspecified atom stereocenters. The van der Waals surface area contributed by atoms with E-state index in [-0.39, 0.29) is 0 Å². The molecule has 7 heavy (non-hydrogen) atoms. The fraction of sp³-hybridized carbons (Fsp3) is 0.333. The lowest BCUT2D eigenvalue weighted by Crippen LogP contribution is -1.79. The minimum absolute atomic E-state index is 0.490. The molecule has 0 aromatic carbocycles. The van der Waals surface area contributed by atoms with Crippen LogP contribution in [-0.2, 0) is 0 Å². The Kier molecular flexibility index (Phi) is 3.40. The smallest absolute Gasteiger partial charge is 0.240 e. The van der Waals surface area contributed by atoms with Gasteiger partial charge in [-0.05, 0) is 6.26 Å². The molecule has 0 atom stereocenters. The van der Waals surface area contributed by atoms with E-state index in [1.54, 1.807) is 6.26 Å². The van der Waals surface area contributed by atoms with Crippen LogP contribution in [-0.4, -0.2) is 11.2 Å². The lowest BCUT2D eigenvalue weighted by atomic mass is 11.1. The van der Waals surface area contributed by atoms with Crippen molar-refractivity contribution in [2.45, 2.75) is 0 Å². The summed E-state index contributed by atoms with van der Waals surface area (Å²) in [6, 6.07) is 0. The maximum absolute atomic E-state index is 9.46. The van der Waals surface area contributed by atoms with E-state index in [0.29, 0.717) is 0 Å².